The Hall–Kier alpha value is -1.22. The smallest absolute Gasteiger partial charge is 0.231 e. The Morgan fingerprint density at radius 2 is 2.06 bits per heavy atom. The molecule has 3 heteroatoms. The normalized spacial score (nSPS) is 22.8. The van der Waals surface area contributed by atoms with E-state index in [1.165, 1.54) is 29.5 Å². The molecule has 1 atom stereocenters. The van der Waals surface area contributed by atoms with Crippen molar-refractivity contribution in [1.82, 2.24) is 5.32 Å². The van der Waals surface area contributed by atoms with E-state index in [0.717, 1.165) is 24.6 Å². The van der Waals surface area contributed by atoms with E-state index in [2.05, 4.69) is 25.2 Å². The predicted octanol–water partition coefficient (Wildman–Crippen LogP) is 2.50. The van der Waals surface area contributed by atoms with Gasteiger partial charge in [0.1, 0.15) is 0 Å². The summed E-state index contributed by atoms with van der Waals surface area (Å²) in [5.74, 6) is 2.52. The van der Waals surface area contributed by atoms with Gasteiger partial charge in [0.2, 0.25) is 6.79 Å². The van der Waals surface area contributed by atoms with Crippen LogP contribution in [0.2, 0.25) is 0 Å². The second-order valence-electron chi connectivity index (χ2n) is 5.02. The zero-order chi connectivity index (χ0) is 11.8. The fourth-order valence-corrected chi connectivity index (χ4v) is 2.78. The van der Waals surface area contributed by atoms with Gasteiger partial charge in [0.25, 0.3) is 0 Å². The summed E-state index contributed by atoms with van der Waals surface area (Å²) in [6.07, 6.45) is 2.48. The lowest BCUT2D eigenvalue weighted by Gasteiger charge is -2.24. The molecule has 17 heavy (non-hydrogen) atoms. The molecule has 3 rings (SSSR count). The van der Waals surface area contributed by atoms with E-state index < -0.39 is 0 Å². The highest BCUT2D eigenvalue weighted by atomic mass is 16.7. The third-order valence-electron chi connectivity index (χ3n) is 3.92. The maximum absolute atomic E-state index is 5.67. The molecule has 1 aromatic carbocycles. The van der Waals surface area contributed by atoms with E-state index in [9.17, 15) is 0 Å². The monoisotopic (exact) mass is 233 g/mol. The maximum Gasteiger partial charge on any atom is 0.231 e. The summed E-state index contributed by atoms with van der Waals surface area (Å²) in [5, 5.41) is 3.46. The van der Waals surface area contributed by atoms with Crippen LogP contribution in [0.3, 0.4) is 0 Å². The predicted molar refractivity (Wildman–Crippen MR) is 66.9 cm³/mol. The van der Waals surface area contributed by atoms with Gasteiger partial charge in [0, 0.05) is 18.0 Å². The number of nitrogens with one attached hydrogen (secondary N) is 1. The Labute approximate surface area is 102 Å². The van der Waals surface area contributed by atoms with Crippen molar-refractivity contribution in [2.75, 3.05) is 19.9 Å². The molecule has 2 aliphatic rings. The van der Waals surface area contributed by atoms with Crippen molar-refractivity contribution in [3.63, 3.8) is 0 Å². The van der Waals surface area contributed by atoms with Crippen molar-refractivity contribution in [2.45, 2.75) is 32.6 Å². The largest absolute Gasteiger partial charge is 0.453 e. The van der Waals surface area contributed by atoms with Crippen LogP contribution in [-0.2, 0) is 0 Å². The van der Waals surface area contributed by atoms with Crippen LogP contribution in [-0.4, -0.2) is 19.9 Å². The average Bonchev–Trinajstić information content (AvgIpc) is 2.84. The molecule has 0 aromatic heterocycles. The highest BCUT2D eigenvalue weighted by Crippen LogP contribution is 2.44. The summed E-state index contributed by atoms with van der Waals surface area (Å²) in [4.78, 5) is 0. The molecule has 0 amide bonds. The van der Waals surface area contributed by atoms with Gasteiger partial charge in [0.15, 0.2) is 11.5 Å². The molecule has 1 N–H and O–H groups in total. The topological polar surface area (TPSA) is 30.5 Å². The van der Waals surface area contributed by atoms with Crippen molar-refractivity contribution in [3.8, 4) is 11.5 Å². The van der Waals surface area contributed by atoms with E-state index in [1.807, 2.05) is 0 Å². The quantitative estimate of drug-likeness (QED) is 0.808. The number of hydrogen-bond acceptors (Lipinski definition) is 3. The van der Waals surface area contributed by atoms with E-state index in [1.54, 1.807) is 0 Å². The third-order valence-corrected chi connectivity index (χ3v) is 3.92. The molecule has 0 bridgehead atoms. The lowest BCUT2D eigenvalue weighted by Crippen LogP contribution is -2.28. The van der Waals surface area contributed by atoms with Gasteiger partial charge < -0.3 is 14.8 Å². The van der Waals surface area contributed by atoms with Crippen molar-refractivity contribution >= 4 is 0 Å². The van der Waals surface area contributed by atoms with Gasteiger partial charge in [-0.3, -0.25) is 0 Å². The van der Waals surface area contributed by atoms with Crippen LogP contribution in [0, 0.1) is 13.8 Å². The average molecular weight is 233 g/mol. The maximum atomic E-state index is 5.67. The molecular formula is C14H19NO2. The van der Waals surface area contributed by atoms with Gasteiger partial charge >= 0.3 is 0 Å². The molecule has 1 unspecified atom stereocenters. The minimum Gasteiger partial charge on any atom is -0.453 e. The molecule has 1 saturated heterocycles. The van der Waals surface area contributed by atoms with E-state index in [4.69, 9.17) is 9.47 Å². The molecule has 2 aliphatic heterocycles. The summed E-state index contributed by atoms with van der Waals surface area (Å²) in [6, 6.07) is 2.28. The van der Waals surface area contributed by atoms with Crippen LogP contribution in [0.25, 0.3) is 0 Å². The zero-order valence-electron chi connectivity index (χ0n) is 10.5. The fourth-order valence-electron chi connectivity index (χ4n) is 2.78. The molecule has 0 spiro atoms. The SMILES string of the molecule is Cc1cc(C2CCCNC2)c2c(c1C)OCO2. The molecule has 2 heterocycles. The molecule has 1 fully saturated rings. The second-order valence-corrected chi connectivity index (χ2v) is 5.02. The molecule has 0 saturated carbocycles. The van der Waals surface area contributed by atoms with Gasteiger partial charge in [0.05, 0.1) is 0 Å². The fraction of sp³-hybridized carbons (Fsp3) is 0.571. The molecule has 3 nitrogen and oxygen atoms in total. The van der Waals surface area contributed by atoms with Crippen LogP contribution < -0.4 is 14.8 Å². The van der Waals surface area contributed by atoms with Crippen molar-refractivity contribution in [3.05, 3.63) is 22.8 Å². The van der Waals surface area contributed by atoms with E-state index >= 15 is 0 Å². The number of benzene rings is 1. The van der Waals surface area contributed by atoms with E-state index in [0.29, 0.717) is 12.7 Å². The number of hydrogen-bond donors (Lipinski definition) is 1. The first-order valence-corrected chi connectivity index (χ1v) is 6.38. The highest BCUT2D eigenvalue weighted by Gasteiger charge is 2.27. The molecule has 0 aliphatic carbocycles. The Balaban J connectivity index is 2.04. The Morgan fingerprint density at radius 3 is 2.82 bits per heavy atom. The number of aryl methyl sites for hydroxylation is 1. The zero-order valence-corrected chi connectivity index (χ0v) is 10.5. The van der Waals surface area contributed by atoms with Crippen LogP contribution >= 0.6 is 0 Å². The minimum absolute atomic E-state index is 0.368. The van der Waals surface area contributed by atoms with Crippen molar-refractivity contribution in [1.29, 1.82) is 0 Å². The van der Waals surface area contributed by atoms with Gasteiger partial charge in [-0.2, -0.15) is 0 Å². The van der Waals surface area contributed by atoms with Crippen LogP contribution in [0.1, 0.15) is 35.4 Å². The Kier molecular flexibility index (Phi) is 2.71. The Morgan fingerprint density at radius 1 is 1.24 bits per heavy atom. The number of fused-ring (bicyclic) bond motifs is 1. The summed E-state index contributed by atoms with van der Waals surface area (Å²) < 4.78 is 11.3. The molecule has 92 valence electrons. The summed E-state index contributed by atoms with van der Waals surface area (Å²) in [7, 11) is 0. The Bertz CT molecular complexity index is 436. The van der Waals surface area contributed by atoms with Crippen LogP contribution in [0.4, 0.5) is 0 Å². The lowest BCUT2D eigenvalue weighted by atomic mass is 9.88. The number of piperidine rings is 1. The first kappa shape index (κ1) is 10.9. The highest BCUT2D eigenvalue weighted by molar-refractivity contribution is 5.57. The lowest BCUT2D eigenvalue weighted by molar-refractivity contribution is 0.172. The molecular weight excluding hydrogens is 214 g/mol. The van der Waals surface area contributed by atoms with Gasteiger partial charge in [-0.25, -0.2) is 0 Å². The number of ether oxygens (including phenoxy) is 2. The van der Waals surface area contributed by atoms with Gasteiger partial charge in [-0.1, -0.05) is 6.07 Å². The van der Waals surface area contributed by atoms with Gasteiger partial charge in [-0.15, -0.1) is 0 Å². The summed E-state index contributed by atoms with van der Waals surface area (Å²) >= 11 is 0. The summed E-state index contributed by atoms with van der Waals surface area (Å²) in [6.45, 7) is 6.81. The number of rotatable bonds is 1. The third kappa shape index (κ3) is 1.78. The van der Waals surface area contributed by atoms with Gasteiger partial charge in [-0.05, 0) is 44.4 Å². The second kappa shape index (κ2) is 4.22. The van der Waals surface area contributed by atoms with Crippen LogP contribution in [0.15, 0.2) is 6.07 Å². The summed E-state index contributed by atoms with van der Waals surface area (Å²) in [5.41, 5.74) is 3.84. The standard InChI is InChI=1S/C14H19NO2/c1-9-6-12(11-4-3-5-15-7-11)14-13(10(9)2)16-8-17-14/h6,11,15H,3-5,7-8H2,1-2H3. The van der Waals surface area contributed by atoms with Crippen molar-refractivity contribution in [2.24, 2.45) is 0 Å². The van der Waals surface area contributed by atoms with Crippen LogP contribution in [0.5, 0.6) is 11.5 Å². The first-order valence-electron chi connectivity index (χ1n) is 6.38. The molecule has 1 aromatic rings. The van der Waals surface area contributed by atoms with E-state index in [-0.39, 0.29) is 0 Å². The first-order chi connectivity index (χ1) is 8.27. The molecule has 0 radical (unpaired) electrons. The van der Waals surface area contributed by atoms with Crippen molar-refractivity contribution < 1.29 is 9.47 Å². The minimum atomic E-state index is 0.368.